The summed E-state index contributed by atoms with van der Waals surface area (Å²) in [5.74, 6) is -2.75. The number of rotatable bonds is 3. The van der Waals surface area contributed by atoms with Gasteiger partial charge in [0.15, 0.2) is 0 Å². The Morgan fingerprint density at radius 2 is 1.64 bits per heavy atom. The highest BCUT2D eigenvalue weighted by Gasteiger charge is 2.47. The normalized spacial score (nSPS) is 22.6. The lowest BCUT2D eigenvalue weighted by atomic mass is 9.66. The molecule has 0 saturated heterocycles. The molecule has 0 aromatic rings. The van der Waals surface area contributed by atoms with Gasteiger partial charge in [0, 0.05) is 0 Å². The predicted molar refractivity (Wildman–Crippen MR) is 50.0 cm³/mol. The van der Waals surface area contributed by atoms with Crippen molar-refractivity contribution >= 4 is 11.9 Å². The third-order valence-electron chi connectivity index (χ3n) is 3.37. The molecule has 14 heavy (non-hydrogen) atoms. The first kappa shape index (κ1) is 11.0. The lowest BCUT2D eigenvalue weighted by Gasteiger charge is -2.36. The van der Waals surface area contributed by atoms with Crippen LogP contribution in [0.2, 0.25) is 0 Å². The quantitative estimate of drug-likeness (QED) is 0.727. The van der Waals surface area contributed by atoms with Gasteiger partial charge < -0.3 is 10.2 Å². The maximum Gasteiger partial charge on any atom is 0.310 e. The minimum absolute atomic E-state index is 0.496. The Bertz CT molecular complexity index is 241. The zero-order chi connectivity index (χ0) is 10.8. The lowest BCUT2D eigenvalue weighted by Crippen LogP contribution is -2.42. The van der Waals surface area contributed by atoms with Gasteiger partial charge in [0.25, 0.3) is 0 Å². The van der Waals surface area contributed by atoms with Crippen molar-refractivity contribution in [2.24, 2.45) is 11.3 Å². The summed E-state index contributed by atoms with van der Waals surface area (Å²) >= 11 is 0. The number of carbonyl (C=O) groups is 2. The van der Waals surface area contributed by atoms with E-state index in [2.05, 4.69) is 0 Å². The van der Waals surface area contributed by atoms with Crippen molar-refractivity contribution in [3.8, 4) is 0 Å². The Morgan fingerprint density at radius 3 is 2.00 bits per heavy atom. The second-order valence-electron chi connectivity index (χ2n) is 4.08. The van der Waals surface area contributed by atoms with Crippen molar-refractivity contribution < 1.29 is 19.8 Å². The molecule has 1 unspecified atom stereocenters. The first-order valence-electron chi connectivity index (χ1n) is 4.97. The molecule has 0 spiro atoms. The molecule has 1 saturated carbocycles. The predicted octanol–water partition coefficient (Wildman–Crippen LogP) is 1.74. The van der Waals surface area contributed by atoms with Crippen molar-refractivity contribution in [3.63, 3.8) is 0 Å². The maximum absolute atomic E-state index is 11.2. The highest BCUT2D eigenvalue weighted by Crippen LogP contribution is 2.42. The molecule has 1 rings (SSSR count). The molecule has 1 aliphatic rings. The molecule has 1 aliphatic carbocycles. The second-order valence-corrected chi connectivity index (χ2v) is 4.08. The fraction of sp³-hybridized carbons (Fsp3) is 0.800. The van der Waals surface area contributed by atoms with Gasteiger partial charge in [-0.3, -0.25) is 9.59 Å². The molecule has 0 radical (unpaired) electrons. The Hall–Kier alpha value is -1.06. The third-order valence-corrected chi connectivity index (χ3v) is 3.37. The second kappa shape index (κ2) is 3.98. The molecule has 2 N–H and O–H groups in total. The minimum atomic E-state index is -1.02. The van der Waals surface area contributed by atoms with E-state index in [1.807, 2.05) is 0 Å². The van der Waals surface area contributed by atoms with E-state index < -0.39 is 23.3 Å². The molecule has 0 heterocycles. The standard InChI is InChI=1S/C10H16O4/c1-7(8(11)12)10(9(13)14)5-3-2-4-6-10/h7H,2-6H2,1H3,(H,11,12)(H,13,14). The Labute approximate surface area is 82.9 Å². The largest absolute Gasteiger partial charge is 0.481 e. The van der Waals surface area contributed by atoms with Gasteiger partial charge in [-0.15, -0.1) is 0 Å². The highest BCUT2D eigenvalue weighted by molar-refractivity contribution is 5.83. The number of hydrogen-bond donors (Lipinski definition) is 2. The van der Waals surface area contributed by atoms with Crippen LogP contribution in [-0.4, -0.2) is 22.2 Å². The number of carboxylic acids is 2. The lowest BCUT2D eigenvalue weighted by molar-refractivity contribution is -0.164. The number of aliphatic carboxylic acids is 2. The molecular weight excluding hydrogens is 184 g/mol. The van der Waals surface area contributed by atoms with Crippen molar-refractivity contribution in [2.45, 2.75) is 39.0 Å². The van der Waals surface area contributed by atoms with Crippen molar-refractivity contribution in [1.29, 1.82) is 0 Å². The Balaban J connectivity index is 2.90. The first-order valence-corrected chi connectivity index (χ1v) is 4.97. The molecular formula is C10H16O4. The minimum Gasteiger partial charge on any atom is -0.481 e. The SMILES string of the molecule is CC(C(=O)O)C1(C(=O)O)CCCCC1. The van der Waals surface area contributed by atoms with Gasteiger partial charge >= 0.3 is 11.9 Å². The van der Waals surface area contributed by atoms with E-state index in [0.717, 1.165) is 19.3 Å². The fourth-order valence-electron chi connectivity index (χ4n) is 2.25. The van der Waals surface area contributed by atoms with Gasteiger partial charge in [0.2, 0.25) is 0 Å². The van der Waals surface area contributed by atoms with Crippen molar-refractivity contribution in [2.75, 3.05) is 0 Å². The Kier molecular flexibility index (Phi) is 3.13. The van der Waals surface area contributed by atoms with Crippen LogP contribution in [0.3, 0.4) is 0 Å². The summed E-state index contributed by atoms with van der Waals surface area (Å²) in [5, 5.41) is 18.0. The monoisotopic (exact) mass is 200 g/mol. The molecule has 0 aromatic heterocycles. The molecule has 0 aliphatic heterocycles. The van der Waals surface area contributed by atoms with Gasteiger partial charge in [-0.1, -0.05) is 26.2 Å². The van der Waals surface area contributed by atoms with Crippen LogP contribution in [0.15, 0.2) is 0 Å². The van der Waals surface area contributed by atoms with E-state index in [-0.39, 0.29) is 0 Å². The number of carboxylic acid groups (broad SMARTS) is 2. The molecule has 80 valence electrons. The highest BCUT2D eigenvalue weighted by atomic mass is 16.4. The molecule has 1 atom stereocenters. The van der Waals surface area contributed by atoms with Crippen LogP contribution in [0.5, 0.6) is 0 Å². The van der Waals surface area contributed by atoms with Gasteiger partial charge in [-0.2, -0.15) is 0 Å². The van der Waals surface area contributed by atoms with Crippen LogP contribution >= 0.6 is 0 Å². The van der Waals surface area contributed by atoms with Crippen molar-refractivity contribution in [1.82, 2.24) is 0 Å². The van der Waals surface area contributed by atoms with E-state index in [0.29, 0.717) is 12.8 Å². The van der Waals surface area contributed by atoms with E-state index in [1.165, 1.54) is 6.92 Å². The fourth-order valence-corrected chi connectivity index (χ4v) is 2.25. The third kappa shape index (κ3) is 1.74. The summed E-state index contributed by atoms with van der Waals surface area (Å²) in [6.45, 7) is 1.50. The Morgan fingerprint density at radius 1 is 1.14 bits per heavy atom. The van der Waals surface area contributed by atoms with Crippen LogP contribution in [0.4, 0.5) is 0 Å². The van der Waals surface area contributed by atoms with Gasteiger partial charge in [-0.05, 0) is 12.8 Å². The molecule has 0 bridgehead atoms. The average molecular weight is 200 g/mol. The first-order chi connectivity index (χ1) is 6.50. The smallest absolute Gasteiger partial charge is 0.310 e. The van der Waals surface area contributed by atoms with E-state index >= 15 is 0 Å². The van der Waals surface area contributed by atoms with Crippen LogP contribution in [0.25, 0.3) is 0 Å². The van der Waals surface area contributed by atoms with Crippen LogP contribution in [0, 0.1) is 11.3 Å². The summed E-state index contributed by atoms with van der Waals surface area (Å²) in [4.78, 5) is 22.0. The van der Waals surface area contributed by atoms with E-state index in [4.69, 9.17) is 10.2 Å². The molecule has 0 amide bonds. The van der Waals surface area contributed by atoms with Gasteiger partial charge in [0.1, 0.15) is 0 Å². The average Bonchev–Trinajstić information content (AvgIpc) is 2.17. The molecule has 1 fully saturated rings. The van der Waals surface area contributed by atoms with Gasteiger partial charge in [0.05, 0.1) is 11.3 Å². The van der Waals surface area contributed by atoms with E-state index in [9.17, 15) is 9.59 Å². The molecule has 0 aromatic carbocycles. The van der Waals surface area contributed by atoms with Crippen LogP contribution < -0.4 is 0 Å². The van der Waals surface area contributed by atoms with Crippen LogP contribution in [0.1, 0.15) is 39.0 Å². The zero-order valence-corrected chi connectivity index (χ0v) is 8.32. The summed E-state index contributed by atoms with van der Waals surface area (Å²) < 4.78 is 0. The molecule has 4 nitrogen and oxygen atoms in total. The topological polar surface area (TPSA) is 74.6 Å². The summed E-state index contributed by atoms with van der Waals surface area (Å²) in [6.07, 6.45) is 3.65. The number of hydrogen-bond acceptors (Lipinski definition) is 2. The zero-order valence-electron chi connectivity index (χ0n) is 8.32. The molecule has 4 heteroatoms. The van der Waals surface area contributed by atoms with Gasteiger partial charge in [-0.25, -0.2) is 0 Å². The maximum atomic E-state index is 11.2. The summed E-state index contributed by atoms with van der Waals surface area (Å²) in [7, 11) is 0. The summed E-state index contributed by atoms with van der Waals surface area (Å²) in [5.41, 5.74) is -1.02. The summed E-state index contributed by atoms with van der Waals surface area (Å²) in [6, 6.07) is 0. The van der Waals surface area contributed by atoms with Crippen molar-refractivity contribution in [3.05, 3.63) is 0 Å². The van der Waals surface area contributed by atoms with E-state index in [1.54, 1.807) is 0 Å². The van der Waals surface area contributed by atoms with Crippen LogP contribution in [-0.2, 0) is 9.59 Å².